The molecule has 0 radical (unpaired) electrons. The minimum absolute atomic E-state index is 0.287. The highest BCUT2D eigenvalue weighted by molar-refractivity contribution is 7.38. The van der Waals surface area contributed by atoms with Crippen molar-refractivity contribution in [2.75, 3.05) is 0 Å². The van der Waals surface area contributed by atoms with Crippen LogP contribution in [0.4, 0.5) is 0 Å². The summed E-state index contributed by atoms with van der Waals surface area (Å²) in [7, 11) is -7.63. The minimum atomic E-state index is -4.81. The molecule has 1 rings (SSSR count). The largest absolute Gasteiger partial charge is 0.675 e. The van der Waals surface area contributed by atoms with Gasteiger partial charge in [-0.3, -0.25) is 4.43 Å². The van der Waals surface area contributed by atoms with E-state index in [1.54, 1.807) is 18.2 Å². The van der Waals surface area contributed by atoms with Crippen LogP contribution in [0.1, 0.15) is 11.4 Å². The van der Waals surface area contributed by atoms with Crippen LogP contribution in [-0.2, 0) is 8.99 Å². The summed E-state index contributed by atoms with van der Waals surface area (Å²) in [5, 5.41) is 0. The zero-order valence-electron chi connectivity index (χ0n) is 7.52. The van der Waals surface area contributed by atoms with Gasteiger partial charge in [-0.1, -0.05) is 30.3 Å². The van der Waals surface area contributed by atoms with Gasteiger partial charge in [0.2, 0.25) is 0 Å². The molecule has 6 nitrogen and oxygen atoms in total. The first-order valence-electron chi connectivity index (χ1n) is 3.95. The molecule has 0 bridgehead atoms. The molecule has 82 valence electrons. The monoisotopic (exact) mass is 249 g/mol. The Bertz CT molecular complexity index is 337. The molecule has 0 heterocycles. The highest BCUT2D eigenvalue weighted by Gasteiger charge is 2.44. The Hall–Kier alpha value is -0.663. The zero-order chi connectivity index (χ0) is 11.5. The van der Waals surface area contributed by atoms with E-state index in [4.69, 9.17) is 19.3 Å². The van der Waals surface area contributed by atoms with Gasteiger partial charge in [0.05, 0.1) is 0 Å². The predicted molar refractivity (Wildman–Crippen MR) is 52.5 cm³/mol. The van der Waals surface area contributed by atoms with Crippen LogP contribution in [0.3, 0.4) is 0 Å². The summed E-state index contributed by atoms with van der Waals surface area (Å²) in [6.45, 7) is 0. The maximum atomic E-state index is 10.9. The smallest absolute Gasteiger partial charge is 0.367 e. The third-order valence-electron chi connectivity index (χ3n) is 1.56. The standard InChI is InChI=1S/C7H9O6PSi/c8-14(9)7(13-15(10,11)12)6-4-2-1-3-5-6/h1-5,7,10-12H/p+1. The average Bonchev–Trinajstić information content (AvgIpc) is 2.14. The third-order valence-corrected chi connectivity index (χ3v) is 3.11. The van der Waals surface area contributed by atoms with Gasteiger partial charge in [-0.15, -0.1) is 0 Å². The van der Waals surface area contributed by atoms with Gasteiger partial charge in [-0.05, 0) is 4.57 Å². The van der Waals surface area contributed by atoms with E-state index in [1.165, 1.54) is 12.1 Å². The molecular formula is C7H10O6PSi+. The molecule has 0 spiro atoms. The van der Waals surface area contributed by atoms with Crippen LogP contribution in [0.5, 0.6) is 0 Å². The summed E-state index contributed by atoms with van der Waals surface area (Å²) in [6.07, 6.45) is 0. The van der Waals surface area contributed by atoms with E-state index in [9.17, 15) is 4.57 Å². The Morgan fingerprint density at radius 1 is 1.20 bits per heavy atom. The fraction of sp³-hybridized carbons (Fsp3) is 0.143. The molecule has 1 aromatic carbocycles. The average molecular weight is 249 g/mol. The van der Waals surface area contributed by atoms with E-state index < -0.39 is 22.9 Å². The maximum Gasteiger partial charge on any atom is 0.675 e. The molecule has 15 heavy (non-hydrogen) atoms. The first-order valence-corrected chi connectivity index (χ1v) is 6.98. The quantitative estimate of drug-likeness (QED) is 0.436. The van der Waals surface area contributed by atoms with Crippen molar-refractivity contribution >= 4 is 17.1 Å². The van der Waals surface area contributed by atoms with Gasteiger partial charge in [-0.2, -0.15) is 4.89 Å². The normalized spacial score (nSPS) is 14.8. The number of rotatable bonds is 4. The van der Waals surface area contributed by atoms with Gasteiger partial charge in [0.1, 0.15) is 0 Å². The molecule has 0 aliphatic heterocycles. The van der Waals surface area contributed by atoms with E-state index in [-0.39, 0.29) is 5.56 Å². The van der Waals surface area contributed by atoms with Crippen LogP contribution in [0.25, 0.3) is 0 Å². The fourth-order valence-electron chi connectivity index (χ4n) is 1.01. The van der Waals surface area contributed by atoms with Crippen LogP contribution < -0.4 is 0 Å². The first kappa shape index (κ1) is 12.4. The Kier molecular flexibility index (Phi) is 4.06. The van der Waals surface area contributed by atoms with E-state index in [1.807, 2.05) is 0 Å². The summed E-state index contributed by atoms with van der Waals surface area (Å²) >= 11 is 0. The molecule has 0 amide bonds. The fourth-order valence-corrected chi connectivity index (χ4v) is 2.66. The van der Waals surface area contributed by atoms with Crippen molar-refractivity contribution < 1.29 is 28.3 Å². The van der Waals surface area contributed by atoms with Crippen LogP contribution in [0.15, 0.2) is 30.3 Å². The van der Waals surface area contributed by atoms with E-state index in [2.05, 4.69) is 4.43 Å². The topological polar surface area (TPSA) is 107 Å². The summed E-state index contributed by atoms with van der Waals surface area (Å²) in [4.78, 5) is 35.0. The molecule has 0 saturated carbocycles. The van der Waals surface area contributed by atoms with Crippen LogP contribution >= 0.6 is 8.03 Å². The van der Waals surface area contributed by atoms with Crippen molar-refractivity contribution in [2.45, 2.75) is 5.85 Å². The molecular weight excluding hydrogens is 239 g/mol. The summed E-state index contributed by atoms with van der Waals surface area (Å²) < 4.78 is 15.2. The maximum absolute atomic E-state index is 10.9. The summed E-state index contributed by atoms with van der Waals surface area (Å²) in [5.41, 5.74) is 0.287. The molecule has 2 atom stereocenters. The van der Waals surface area contributed by atoms with E-state index >= 15 is 0 Å². The predicted octanol–water partition coefficient (Wildman–Crippen LogP) is -0.151. The van der Waals surface area contributed by atoms with Crippen molar-refractivity contribution in [3.63, 3.8) is 0 Å². The Labute approximate surface area is 87.8 Å². The van der Waals surface area contributed by atoms with Gasteiger partial charge in [0.25, 0.3) is 0 Å². The lowest BCUT2D eigenvalue weighted by atomic mass is 10.2. The molecule has 8 heteroatoms. The highest BCUT2D eigenvalue weighted by Crippen LogP contribution is 2.39. The Morgan fingerprint density at radius 3 is 2.13 bits per heavy atom. The van der Waals surface area contributed by atoms with Crippen LogP contribution in [-0.4, -0.2) is 28.3 Å². The van der Waals surface area contributed by atoms with Crippen LogP contribution in [0, 0.1) is 0 Å². The lowest BCUT2D eigenvalue weighted by molar-refractivity contribution is 0.0472. The molecule has 0 aromatic heterocycles. The Morgan fingerprint density at radius 2 is 1.73 bits per heavy atom. The number of benzene rings is 1. The van der Waals surface area contributed by atoms with Gasteiger partial charge in [-0.25, -0.2) is 0 Å². The van der Waals surface area contributed by atoms with E-state index in [0.29, 0.717) is 0 Å². The van der Waals surface area contributed by atoms with Crippen molar-refractivity contribution in [2.24, 2.45) is 0 Å². The highest BCUT2D eigenvalue weighted by atomic mass is 31.1. The first-order chi connectivity index (χ1) is 6.90. The second-order valence-corrected chi connectivity index (χ2v) is 5.21. The van der Waals surface area contributed by atoms with Crippen molar-refractivity contribution in [1.82, 2.24) is 0 Å². The lowest BCUT2D eigenvalue weighted by Gasteiger charge is -2.11. The van der Waals surface area contributed by atoms with Gasteiger partial charge < -0.3 is 14.4 Å². The molecule has 2 unspecified atom stereocenters. The summed E-state index contributed by atoms with van der Waals surface area (Å²) in [5.74, 6) is -1.44. The summed E-state index contributed by atoms with van der Waals surface area (Å²) in [6, 6.07) is 7.84. The van der Waals surface area contributed by atoms with Gasteiger partial charge in [0.15, 0.2) is 0 Å². The second kappa shape index (κ2) is 4.91. The minimum Gasteiger partial charge on any atom is -0.367 e. The lowest BCUT2D eigenvalue weighted by Crippen LogP contribution is -2.39. The van der Waals surface area contributed by atoms with Gasteiger partial charge in [0, 0.05) is 5.56 Å². The van der Waals surface area contributed by atoms with Gasteiger partial charge >= 0.3 is 22.9 Å². The van der Waals surface area contributed by atoms with E-state index in [0.717, 1.165) is 0 Å². The Balaban J connectivity index is 2.90. The third kappa shape index (κ3) is 4.14. The van der Waals surface area contributed by atoms with Crippen molar-refractivity contribution in [3.05, 3.63) is 35.9 Å². The van der Waals surface area contributed by atoms with Crippen LogP contribution in [0.2, 0.25) is 0 Å². The van der Waals surface area contributed by atoms with Crippen molar-refractivity contribution in [3.8, 4) is 0 Å². The molecule has 0 fully saturated rings. The molecule has 0 aliphatic rings. The molecule has 1 aromatic rings. The zero-order valence-corrected chi connectivity index (χ0v) is 9.41. The number of hydrogen-bond acceptors (Lipinski definition) is 5. The SMILES string of the molecule is O=[P+](O)C(O[Si](O)(O)O)c1ccccc1. The number of hydrogen-bond donors (Lipinski definition) is 4. The molecule has 4 N–H and O–H groups in total. The molecule has 0 aliphatic carbocycles. The molecule has 0 saturated heterocycles. The second-order valence-electron chi connectivity index (χ2n) is 2.76. The van der Waals surface area contributed by atoms with Crippen molar-refractivity contribution in [1.29, 1.82) is 0 Å².